The van der Waals surface area contributed by atoms with Crippen molar-refractivity contribution in [2.45, 2.75) is 6.92 Å². The number of aromatic nitrogens is 1. The van der Waals surface area contributed by atoms with Crippen LogP contribution in [-0.4, -0.2) is 4.57 Å². The van der Waals surface area contributed by atoms with E-state index < -0.39 is 0 Å². The highest BCUT2D eigenvalue weighted by molar-refractivity contribution is 6.12. The molecule has 0 aliphatic rings. The largest absolute Gasteiger partial charge is 0.311 e. The van der Waals surface area contributed by atoms with Gasteiger partial charge in [-0.2, -0.15) is 0 Å². The number of anilines is 6. The highest BCUT2D eigenvalue weighted by atomic mass is 15.2. The Morgan fingerprint density at radius 2 is 0.929 bits per heavy atom. The molecule has 0 bridgehead atoms. The molecule has 0 aliphatic carbocycles. The molecule has 3 heteroatoms. The summed E-state index contributed by atoms with van der Waals surface area (Å²) in [6.45, 7) is 2.22. The molecule has 0 unspecified atom stereocenters. The van der Waals surface area contributed by atoms with Gasteiger partial charge in [0.1, 0.15) is 0 Å². The van der Waals surface area contributed by atoms with Gasteiger partial charge in [-0.3, -0.25) is 0 Å². The summed E-state index contributed by atoms with van der Waals surface area (Å²) in [4.78, 5) is 4.75. The summed E-state index contributed by atoms with van der Waals surface area (Å²) >= 11 is 0. The summed E-state index contributed by atoms with van der Waals surface area (Å²) in [5, 5.41) is 4.95. The molecular formula is C53H39N3. The molecule has 266 valence electrons. The van der Waals surface area contributed by atoms with E-state index in [2.05, 4.69) is 240 Å². The minimum atomic E-state index is 1.07. The van der Waals surface area contributed by atoms with Gasteiger partial charge in [0.15, 0.2) is 0 Å². The Balaban J connectivity index is 1.23. The molecule has 1 aromatic heterocycles. The van der Waals surface area contributed by atoms with Crippen molar-refractivity contribution in [3.05, 3.63) is 224 Å². The van der Waals surface area contributed by atoms with Crippen molar-refractivity contribution >= 4 is 66.7 Å². The van der Waals surface area contributed by atoms with E-state index in [1.807, 2.05) is 0 Å². The normalized spacial score (nSPS) is 11.3. The van der Waals surface area contributed by atoms with E-state index in [0.717, 1.165) is 39.8 Å². The second kappa shape index (κ2) is 14.1. The van der Waals surface area contributed by atoms with Crippen molar-refractivity contribution in [3.63, 3.8) is 0 Å². The predicted octanol–water partition coefficient (Wildman–Crippen LogP) is 14.9. The minimum Gasteiger partial charge on any atom is -0.311 e. The minimum absolute atomic E-state index is 1.07. The van der Waals surface area contributed by atoms with E-state index in [9.17, 15) is 0 Å². The van der Waals surface area contributed by atoms with Gasteiger partial charge in [-0.05, 0) is 114 Å². The van der Waals surface area contributed by atoms with Crippen LogP contribution >= 0.6 is 0 Å². The SMILES string of the molecule is Cc1cccc2c1c1ccc(N(c3ccc(N(c4ccccc4)c4ccccc4)cc3)c3ccc4ccccc4c3-c3ccccc3)cc1n2-c1ccccc1. The molecule has 10 aromatic rings. The van der Waals surface area contributed by atoms with Crippen LogP contribution in [0.1, 0.15) is 5.56 Å². The van der Waals surface area contributed by atoms with Crippen LogP contribution in [0.5, 0.6) is 0 Å². The molecule has 0 amide bonds. The Labute approximate surface area is 327 Å². The number of rotatable bonds is 8. The van der Waals surface area contributed by atoms with Crippen molar-refractivity contribution < 1.29 is 0 Å². The Hall–Kier alpha value is -7.36. The highest BCUT2D eigenvalue weighted by Gasteiger charge is 2.23. The Morgan fingerprint density at radius 1 is 0.375 bits per heavy atom. The fourth-order valence-electron chi connectivity index (χ4n) is 8.36. The van der Waals surface area contributed by atoms with Crippen LogP contribution in [0.4, 0.5) is 34.1 Å². The fourth-order valence-corrected chi connectivity index (χ4v) is 8.36. The average Bonchev–Trinajstić information content (AvgIpc) is 3.60. The first-order valence-corrected chi connectivity index (χ1v) is 19.2. The van der Waals surface area contributed by atoms with E-state index in [4.69, 9.17) is 0 Å². The number of aryl methyl sites for hydroxylation is 1. The molecule has 1 heterocycles. The molecule has 0 saturated heterocycles. The van der Waals surface area contributed by atoms with Gasteiger partial charge in [-0.15, -0.1) is 0 Å². The molecule has 0 atom stereocenters. The molecular weight excluding hydrogens is 679 g/mol. The Morgan fingerprint density at radius 3 is 1.61 bits per heavy atom. The van der Waals surface area contributed by atoms with Crippen molar-refractivity contribution in [2.75, 3.05) is 9.80 Å². The van der Waals surface area contributed by atoms with Crippen LogP contribution in [0.15, 0.2) is 218 Å². The molecule has 0 aliphatic heterocycles. The van der Waals surface area contributed by atoms with Crippen LogP contribution in [0.3, 0.4) is 0 Å². The topological polar surface area (TPSA) is 11.4 Å². The first-order valence-electron chi connectivity index (χ1n) is 19.2. The van der Waals surface area contributed by atoms with E-state index in [0.29, 0.717) is 0 Å². The molecule has 56 heavy (non-hydrogen) atoms. The zero-order chi connectivity index (χ0) is 37.4. The van der Waals surface area contributed by atoms with Crippen molar-refractivity contribution in [2.24, 2.45) is 0 Å². The molecule has 0 spiro atoms. The third-order valence-electron chi connectivity index (χ3n) is 10.9. The fraction of sp³-hybridized carbons (Fsp3) is 0.0189. The van der Waals surface area contributed by atoms with Gasteiger partial charge in [-0.1, -0.05) is 133 Å². The predicted molar refractivity (Wildman–Crippen MR) is 238 cm³/mol. The molecule has 0 saturated carbocycles. The van der Waals surface area contributed by atoms with Gasteiger partial charge in [0.05, 0.1) is 16.7 Å². The summed E-state index contributed by atoms with van der Waals surface area (Å²) in [5.41, 5.74) is 13.7. The van der Waals surface area contributed by atoms with Crippen LogP contribution in [0, 0.1) is 6.92 Å². The lowest BCUT2D eigenvalue weighted by Gasteiger charge is -2.30. The lowest BCUT2D eigenvalue weighted by molar-refractivity contribution is 1.18. The molecule has 10 rings (SSSR count). The Bertz CT molecular complexity index is 2910. The number of benzene rings is 9. The zero-order valence-corrected chi connectivity index (χ0v) is 31.1. The summed E-state index contributed by atoms with van der Waals surface area (Å²) in [5.74, 6) is 0. The lowest BCUT2D eigenvalue weighted by atomic mass is 9.95. The maximum absolute atomic E-state index is 2.44. The maximum Gasteiger partial charge on any atom is 0.0562 e. The third kappa shape index (κ3) is 5.78. The second-order valence-corrected chi connectivity index (χ2v) is 14.2. The number of nitrogens with zero attached hydrogens (tertiary/aromatic N) is 3. The van der Waals surface area contributed by atoms with Crippen molar-refractivity contribution in [3.8, 4) is 16.8 Å². The number of hydrogen-bond donors (Lipinski definition) is 0. The quantitative estimate of drug-likeness (QED) is 0.155. The number of fused-ring (bicyclic) bond motifs is 4. The van der Waals surface area contributed by atoms with Crippen LogP contribution in [0.25, 0.3) is 49.4 Å². The first-order chi connectivity index (χ1) is 27.7. The van der Waals surface area contributed by atoms with Crippen LogP contribution < -0.4 is 9.80 Å². The van der Waals surface area contributed by atoms with Gasteiger partial charge in [0, 0.05) is 50.5 Å². The van der Waals surface area contributed by atoms with Gasteiger partial charge in [0.2, 0.25) is 0 Å². The van der Waals surface area contributed by atoms with Crippen LogP contribution in [-0.2, 0) is 0 Å². The molecule has 0 N–H and O–H groups in total. The number of hydrogen-bond acceptors (Lipinski definition) is 2. The highest BCUT2D eigenvalue weighted by Crippen LogP contribution is 2.47. The number of para-hydroxylation sites is 3. The summed E-state index contributed by atoms with van der Waals surface area (Å²) in [6, 6.07) is 78.6. The maximum atomic E-state index is 2.44. The summed E-state index contributed by atoms with van der Waals surface area (Å²) in [6.07, 6.45) is 0. The standard InChI is InChI=1S/C53H39N3/c1-38-17-16-28-49-52(38)48-35-34-46(37-51(48)56(49)43-25-12-5-13-26-43)55(50-36-29-39-18-14-15-27-47(39)53(50)40-19-6-2-7-20-40)45-32-30-44(31-33-45)54(41-21-8-3-9-22-41)42-23-10-4-11-24-42/h2-37H,1H3. The van der Waals surface area contributed by atoms with E-state index in [-0.39, 0.29) is 0 Å². The summed E-state index contributed by atoms with van der Waals surface area (Å²) in [7, 11) is 0. The zero-order valence-electron chi connectivity index (χ0n) is 31.1. The molecule has 0 radical (unpaired) electrons. The van der Waals surface area contributed by atoms with Crippen molar-refractivity contribution in [1.29, 1.82) is 0 Å². The lowest BCUT2D eigenvalue weighted by Crippen LogP contribution is -2.13. The van der Waals surface area contributed by atoms with E-state index in [1.54, 1.807) is 0 Å². The molecule has 3 nitrogen and oxygen atoms in total. The summed E-state index contributed by atoms with van der Waals surface area (Å²) < 4.78 is 2.42. The van der Waals surface area contributed by atoms with E-state index >= 15 is 0 Å². The smallest absolute Gasteiger partial charge is 0.0562 e. The van der Waals surface area contributed by atoms with Gasteiger partial charge < -0.3 is 14.4 Å². The third-order valence-corrected chi connectivity index (χ3v) is 10.9. The van der Waals surface area contributed by atoms with Crippen molar-refractivity contribution in [1.82, 2.24) is 4.57 Å². The first kappa shape index (κ1) is 33.2. The Kier molecular flexibility index (Phi) is 8.38. The van der Waals surface area contributed by atoms with Gasteiger partial charge >= 0.3 is 0 Å². The monoisotopic (exact) mass is 717 g/mol. The molecule has 0 fully saturated rings. The van der Waals surface area contributed by atoms with E-state index in [1.165, 1.54) is 49.3 Å². The van der Waals surface area contributed by atoms with Crippen LogP contribution in [0.2, 0.25) is 0 Å². The average molecular weight is 718 g/mol. The second-order valence-electron chi connectivity index (χ2n) is 14.2. The molecule has 9 aromatic carbocycles. The van der Waals surface area contributed by atoms with Gasteiger partial charge in [-0.25, -0.2) is 0 Å². The van der Waals surface area contributed by atoms with Gasteiger partial charge in [0.25, 0.3) is 0 Å².